The van der Waals surface area contributed by atoms with E-state index in [0.717, 1.165) is 36.0 Å². The van der Waals surface area contributed by atoms with E-state index in [9.17, 15) is 4.79 Å². The number of carbonyl (C=O) groups is 1. The van der Waals surface area contributed by atoms with Crippen molar-refractivity contribution < 1.29 is 4.79 Å². The predicted molar refractivity (Wildman–Crippen MR) is 87.5 cm³/mol. The Morgan fingerprint density at radius 1 is 1.45 bits per heavy atom. The van der Waals surface area contributed by atoms with Crippen molar-refractivity contribution >= 4 is 23.4 Å². The van der Waals surface area contributed by atoms with Crippen LogP contribution < -0.4 is 10.6 Å². The fourth-order valence-electron chi connectivity index (χ4n) is 2.52. The molecule has 20 heavy (non-hydrogen) atoms. The maximum atomic E-state index is 11.9. The summed E-state index contributed by atoms with van der Waals surface area (Å²) in [5, 5.41) is 6.41. The van der Waals surface area contributed by atoms with E-state index in [-0.39, 0.29) is 5.91 Å². The highest BCUT2D eigenvalue weighted by atomic mass is 32.2. The lowest BCUT2D eigenvalue weighted by Crippen LogP contribution is -2.31. The number of carbonyl (C=O) groups excluding carboxylic acids is 1. The summed E-state index contributed by atoms with van der Waals surface area (Å²) in [6, 6.07) is 6.11. The van der Waals surface area contributed by atoms with E-state index in [4.69, 9.17) is 0 Å². The number of hydrogen-bond acceptors (Lipinski definition) is 3. The van der Waals surface area contributed by atoms with Crippen LogP contribution in [0.3, 0.4) is 0 Å². The van der Waals surface area contributed by atoms with E-state index < -0.39 is 0 Å². The highest BCUT2D eigenvalue weighted by Gasteiger charge is 2.13. The topological polar surface area (TPSA) is 41.1 Å². The van der Waals surface area contributed by atoms with Crippen molar-refractivity contribution in [1.82, 2.24) is 5.32 Å². The first-order chi connectivity index (χ1) is 9.65. The van der Waals surface area contributed by atoms with Crippen LogP contribution in [0.4, 0.5) is 5.69 Å². The minimum Gasteiger partial charge on any atom is -0.325 e. The molecule has 0 aromatic heterocycles. The molecule has 1 fully saturated rings. The van der Waals surface area contributed by atoms with Crippen molar-refractivity contribution in [2.75, 3.05) is 29.9 Å². The lowest BCUT2D eigenvalue weighted by molar-refractivity contribution is -0.113. The molecule has 0 bridgehead atoms. The number of hydrogen-bond donors (Lipinski definition) is 2. The number of amides is 1. The first-order valence-corrected chi connectivity index (χ1v) is 8.46. The van der Waals surface area contributed by atoms with E-state index in [2.05, 4.69) is 23.6 Å². The van der Waals surface area contributed by atoms with Crippen molar-refractivity contribution in [3.05, 3.63) is 29.3 Å². The smallest absolute Gasteiger partial charge is 0.234 e. The van der Waals surface area contributed by atoms with Crippen LogP contribution >= 0.6 is 11.8 Å². The third kappa shape index (κ3) is 4.84. The van der Waals surface area contributed by atoms with Gasteiger partial charge in [-0.25, -0.2) is 0 Å². The monoisotopic (exact) mass is 292 g/mol. The zero-order valence-corrected chi connectivity index (χ0v) is 13.2. The van der Waals surface area contributed by atoms with Crippen LogP contribution in [-0.4, -0.2) is 30.5 Å². The third-order valence-electron chi connectivity index (χ3n) is 3.64. The fourth-order valence-corrected chi connectivity index (χ4v) is 3.52. The molecule has 0 spiro atoms. The van der Waals surface area contributed by atoms with Crippen LogP contribution in [0.25, 0.3) is 0 Å². The molecule has 1 amide bonds. The number of piperidine rings is 1. The Bertz CT molecular complexity index is 456. The molecule has 0 saturated carbocycles. The van der Waals surface area contributed by atoms with Crippen molar-refractivity contribution in [2.45, 2.75) is 26.7 Å². The highest BCUT2D eigenvalue weighted by molar-refractivity contribution is 7.99. The van der Waals surface area contributed by atoms with Crippen LogP contribution in [0, 0.1) is 19.8 Å². The van der Waals surface area contributed by atoms with Gasteiger partial charge >= 0.3 is 0 Å². The predicted octanol–water partition coefficient (Wildman–Crippen LogP) is 2.97. The molecule has 110 valence electrons. The Labute approximate surface area is 125 Å². The van der Waals surface area contributed by atoms with Crippen LogP contribution in [-0.2, 0) is 4.79 Å². The molecule has 1 aliphatic rings. The summed E-state index contributed by atoms with van der Waals surface area (Å²) < 4.78 is 0. The van der Waals surface area contributed by atoms with Crippen molar-refractivity contribution in [3.8, 4) is 0 Å². The summed E-state index contributed by atoms with van der Waals surface area (Å²) in [7, 11) is 0. The molecule has 1 saturated heterocycles. The molecule has 1 aromatic rings. The Balaban J connectivity index is 1.72. The van der Waals surface area contributed by atoms with E-state index in [1.807, 2.05) is 19.1 Å². The molecule has 1 unspecified atom stereocenters. The van der Waals surface area contributed by atoms with E-state index in [1.54, 1.807) is 11.8 Å². The normalized spacial score (nSPS) is 18.8. The largest absolute Gasteiger partial charge is 0.325 e. The van der Waals surface area contributed by atoms with Crippen molar-refractivity contribution in [3.63, 3.8) is 0 Å². The lowest BCUT2D eigenvalue weighted by atomic mass is 10.0. The van der Waals surface area contributed by atoms with Gasteiger partial charge < -0.3 is 10.6 Å². The second-order valence-corrected chi connectivity index (χ2v) is 6.62. The van der Waals surface area contributed by atoms with Crippen LogP contribution in [0.1, 0.15) is 24.0 Å². The molecule has 1 atom stereocenters. The number of thioether (sulfide) groups is 1. The lowest BCUT2D eigenvalue weighted by Gasteiger charge is -2.22. The summed E-state index contributed by atoms with van der Waals surface area (Å²) >= 11 is 1.74. The zero-order chi connectivity index (χ0) is 14.4. The minimum atomic E-state index is 0.103. The molecule has 3 nitrogen and oxygen atoms in total. The van der Waals surface area contributed by atoms with Gasteiger partial charge in [0.05, 0.1) is 5.75 Å². The second kappa shape index (κ2) is 7.70. The minimum absolute atomic E-state index is 0.103. The fraction of sp³-hybridized carbons (Fsp3) is 0.562. The second-order valence-electron chi connectivity index (χ2n) is 5.59. The molecular formula is C16H24N2OS. The summed E-state index contributed by atoms with van der Waals surface area (Å²) in [4.78, 5) is 11.9. The van der Waals surface area contributed by atoms with Gasteiger partial charge in [0.15, 0.2) is 0 Å². The molecule has 1 aromatic carbocycles. The summed E-state index contributed by atoms with van der Waals surface area (Å²) in [5.41, 5.74) is 3.28. The van der Waals surface area contributed by atoms with Gasteiger partial charge in [-0.15, -0.1) is 0 Å². The Hall–Kier alpha value is -1.00. The van der Waals surface area contributed by atoms with E-state index >= 15 is 0 Å². The average Bonchev–Trinajstić information content (AvgIpc) is 2.43. The summed E-state index contributed by atoms with van der Waals surface area (Å²) in [6.07, 6.45) is 2.55. The summed E-state index contributed by atoms with van der Waals surface area (Å²) in [6.45, 7) is 6.34. The number of anilines is 1. The number of aryl methyl sites for hydroxylation is 2. The Morgan fingerprint density at radius 3 is 3.00 bits per heavy atom. The van der Waals surface area contributed by atoms with Gasteiger partial charge in [0.1, 0.15) is 0 Å². The van der Waals surface area contributed by atoms with E-state index in [1.165, 1.54) is 18.4 Å². The van der Waals surface area contributed by atoms with Gasteiger partial charge in [-0.05, 0) is 63.1 Å². The van der Waals surface area contributed by atoms with Gasteiger partial charge in [0, 0.05) is 5.69 Å². The average molecular weight is 292 g/mol. The Kier molecular flexibility index (Phi) is 5.92. The quantitative estimate of drug-likeness (QED) is 0.876. The molecule has 1 heterocycles. The van der Waals surface area contributed by atoms with Crippen molar-refractivity contribution in [2.24, 2.45) is 5.92 Å². The molecule has 2 rings (SSSR count). The first kappa shape index (κ1) is 15.4. The molecule has 1 aliphatic heterocycles. The Morgan fingerprint density at radius 2 is 2.30 bits per heavy atom. The molecule has 0 radical (unpaired) electrons. The summed E-state index contributed by atoms with van der Waals surface area (Å²) in [5.74, 6) is 2.45. The van der Waals surface area contributed by atoms with Crippen LogP contribution in [0.15, 0.2) is 18.2 Å². The van der Waals surface area contributed by atoms with Gasteiger partial charge in [-0.1, -0.05) is 17.7 Å². The molecule has 4 heteroatoms. The van der Waals surface area contributed by atoms with Crippen LogP contribution in [0.2, 0.25) is 0 Å². The van der Waals surface area contributed by atoms with E-state index in [0.29, 0.717) is 5.75 Å². The van der Waals surface area contributed by atoms with Gasteiger partial charge in [0.25, 0.3) is 0 Å². The van der Waals surface area contributed by atoms with Gasteiger partial charge in [0.2, 0.25) is 5.91 Å². The van der Waals surface area contributed by atoms with Gasteiger partial charge in [-0.2, -0.15) is 11.8 Å². The number of nitrogens with one attached hydrogen (secondary N) is 2. The molecule has 2 N–H and O–H groups in total. The standard InChI is InChI=1S/C16H24N2OS/c1-12-5-6-15(13(2)8-12)18-16(19)11-20-10-14-4-3-7-17-9-14/h5-6,8,14,17H,3-4,7,9-11H2,1-2H3,(H,18,19). The van der Waals surface area contributed by atoms with Crippen molar-refractivity contribution in [1.29, 1.82) is 0 Å². The first-order valence-electron chi connectivity index (χ1n) is 7.30. The maximum absolute atomic E-state index is 11.9. The third-order valence-corrected chi connectivity index (χ3v) is 4.82. The number of rotatable bonds is 5. The number of benzene rings is 1. The molecular weight excluding hydrogens is 268 g/mol. The maximum Gasteiger partial charge on any atom is 0.234 e. The van der Waals surface area contributed by atoms with Crippen LogP contribution in [0.5, 0.6) is 0 Å². The SMILES string of the molecule is Cc1ccc(NC(=O)CSCC2CCCNC2)c(C)c1. The van der Waals surface area contributed by atoms with Gasteiger partial charge in [-0.3, -0.25) is 4.79 Å². The molecule has 0 aliphatic carbocycles. The highest BCUT2D eigenvalue weighted by Crippen LogP contribution is 2.18. The zero-order valence-electron chi connectivity index (χ0n) is 12.4.